The Labute approximate surface area is 121 Å². The fraction of sp³-hybridized carbons (Fsp3) is 0.545. The lowest BCUT2D eigenvalue weighted by Crippen LogP contribution is -2.55. The van der Waals surface area contributed by atoms with E-state index >= 15 is 0 Å². The van der Waals surface area contributed by atoms with Gasteiger partial charge in [0.15, 0.2) is 10.3 Å². The summed E-state index contributed by atoms with van der Waals surface area (Å²) in [5.74, 6) is -0.293. The third kappa shape index (κ3) is 3.26. The van der Waals surface area contributed by atoms with Crippen LogP contribution in [-0.4, -0.2) is 48.4 Å². The summed E-state index contributed by atoms with van der Waals surface area (Å²) in [7, 11) is 0. The summed E-state index contributed by atoms with van der Waals surface area (Å²) in [5, 5.41) is 11.0. The van der Waals surface area contributed by atoms with Crippen LogP contribution in [0.5, 0.6) is 0 Å². The first-order chi connectivity index (χ1) is 9.13. The molecule has 1 aromatic heterocycles. The molecule has 19 heavy (non-hydrogen) atoms. The van der Waals surface area contributed by atoms with Gasteiger partial charge in [-0.15, -0.1) is 10.2 Å². The highest BCUT2D eigenvalue weighted by Gasteiger charge is 2.31. The van der Waals surface area contributed by atoms with Gasteiger partial charge in [0.2, 0.25) is 0 Å². The van der Waals surface area contributed by atoms with Gasteiger partial charge < -0.3 is 15.0 Å². The number of hydrogen-bond acceptors (Lipinski definition) is 6. The molecule has 104 valence electrons. The summed E-state index contributed by atoms with van der Waals surface area (Å²) >= 11 is 11.9. The molecule has 8 heteroatoms. The summed E-state index contributed by atoms with van der Waals surface area (Å²) in [6, 6.07) is 1.17. The van der Waals surface area contributed by atoms with Crippen molar-refractivity contribution in [3.63, 3.8) is 0 Å². The van der Waals surface area contributed by atoms with E-state index in [0.717, 1.165) is 6.54 Å². The molecule has 0 spiro atoms. The second kappa shape index (κ2) is 6.36. The Hall–Kier alpha value is -1.11. The molecule has 2 heterocycles. The highest BCUT2D eigenvalue weighted by Crippen LogP contribution is 2.27. The Morgan fingerprint density at radius 1 is 1.58 bits per heavy atom. The van der Waals surface area contributed by atoms with E-state index in [1.165, 1.54) is 0 Å². The fourth-order valence-electron chi connectivity index (χ4n) is 1.99. The van der Waals surface area contributed by atoms with Crippen molar-refractivity contribution in [2.45, 2.75) is 13.0 Å². The van der Waals surface area contributed by atoms with Crippen LogP contribution in [0.25, 0.3) is 0 Å². The third-order valence-electron chi connectivity index (χ3n) is 2.81. The van der Waals surface area contributed by atoms with Gasteiger partial charge in [0.1, 0.15) is 6.04 Å². The average Bonchev–Trinajstić information content (AvgIpc) is 2.42. The van der Waals surface area contributed by atoms with Crippen LogP contribution in [-0.2, 0) is 9.53 Å². The predicted octanol–water partition coefficient (Wildman–Crippen LogP) is 1.12. The highest BCUT2D eigenvalue weighted by molar-refractivity contribution is 6.33. The van der Waals surface area contributed by atoms with Gasteiger partial charge in [-0.2, -0.15) is 0 Å². The molecule has 0 aromatic carbocycles. The molecule has 0 bridgehead atoms. The molecule has 1 aliphatic rings. The van der Waals surface area contributed by atoms with Crippen molar-refractivity contribution in [2.75, 3.05) is 31.1 Å². The highest BCUT2D eigenvalue weighted by atomic mass is 35.5. The van der Waals surface area contributed by atoms with E-state index in [2.05, 4.69) is 15.5 Å². The van der Waals surface area contributed by atoms with E-state index in [4.69, 9.17) is 27.9 Å². The number of nitrogens with zero attached hydrogens (tertiary/aromatic N) is 3. The maximum absolute atomic E-state index is 12.0. The molecule has 0 saturated carbocycles. The SMILES string of the molecule is CCOC(=O)C1CNCCN1c1cc(Cl)nnc1Cl. The minimum absolute atomic E-state index is 0.223. The monoisotopic (exact) mass is 304 g/mol. The molecule has 1 atom stereocenters. The van der Waals surface area contributed by atoms with Crippen molar-refractivity contribution in [1.29, 1.82) is 0 Å². The molecular formula is C11H14Cl2N4O2. The molecule has 2 rings (SSSR count). The van der Waals surface area contributed by atoms with Crippen molar-refractivity contribution in [3.8, 4) is 0 Å². The van der Waals surface area contributed by atoms with Crippen molar-refractivity contribution in [3.05, 3.63) is 16.4 Å². The molecule has 1 aliphatic heterocycles. The van der Waals surface area contributed by atoms with Crippen LogP contribution in [0.1, 0.15) is 6.92 Å². The Morgan fingerprint density at radius 3 is 3.11 bits per heavy atom. The molecule has 1 N–H and O–H groups in total. The number of anilines is 1. The number of aromatic nitrogens is 2. The zero-order chi connectivity index (χ0) is 13.8. The van der Waals surface area contributed by atoms with Crippen molar-refractivity contribution in [2.24, 2.45) is 0 Å². The number of piperazine rings is 1. The minimum atomic E-state index is -0.438. The first-order valence-electron chi connectivity index (χ1n) is 5.96. The molecule has 1 saturated heterocycles. The van der Waals surface area contributed by atoms with Crippen molar-refractivity contribution >= 4 is 34.9 Å². The number of hydrogen-bond donors (Lipinski definition) is 1. The molecule has 0 aliphatic carbocycles. The summed E-state index contributed by atoms with van der Waals surface area (Å²) in [5.41, 5.74) is 0.598. The number of rotatable bonds is 3. The maximum Gasteiger partial charge on any atom is 0.330 e. The van der Waals surface area contributed by atoms with Gasteiger partial charge in [-0.25, -0.2) is 4.79 Å². The molecule has 1 unspecified atom stereocenters. The fourth-order valence-corrected chi connectivity index (χ4v) is 2.33. The Morgan fingerprint density at radius 2 is 2.37 bits per heavy atom. The van der Waals surface area contributed by atoms with Gasteiger partial charge >= 0.3 is 5.97 Å². The van der Waals surface area contributed by atoms with E-state index < -0.39 is 6.04 Å². The molecule has 0 radical (unpaired) electrons. The average molecular weight is 305 g/mol. The van der Waals surface area contributed by atoms with Gasteiger partial charge in [-0.1, -0.05) is 23.2 Å². The van der Waals surface area contributed by atoms with Gasteiger partial charge in [0, 0.05) is 25.7 Å². The van der Waals surface area contributed by atoms with E-state index in [9.17, 15) is 4.79 Å². The topological polar surface area (TPSA) is 67.3 Å². The molecule has 0 amide bonds. The zero-order valence-electron chi connectivity index (χ0n) is 10.4. The first kappa shape index (κ1) is 14.3. The van der Waals surface area contributed by atoms with Gasteiger partial charge in [-0.05, 0) is 6.92 Å². The molecular weight excluding hydrogens is 291 g/mol. The largest absolute Gasteiger partial charge is 0.464 e. The van der Waals surface area contributed by atoms with Crippen molar-refractivity contribution in [1.82, 2.24) is 15.5 Å². The molecule has 6 nitrogen and oxygen atoms in total. The van der Waals surface area contributed by atoms with Crippen LogP contribution in [0.3, 0.4) is 0 Å². The van der Waals surface area contributed by atoms with E-state index in [0.29, 0.717) is 25.4 Å². The van der Waals surface area contributed by atoms with Crippen LogP contribution in [0.2, 0.25) is 10.3 Å². The smallest absolute Gasteiger partial charge is 0.330 e. The van der Waals surface area contributed by atoms with Crippen LogP contribution in [0.4, 0.5) is 5.69 Å². The minimum Gasteiger partial charge on any atom is -0.464 e. The van der Waals surface area contributed by atoms with E-state index in [1.807, 2.05) is 4.90 Å². The number of ether oxygens (including phenoxy) is 1. The second-order valence-corrected chi connectivity index (χ2v) is 4.75. The number of esters is 1. The quantitative estimate of drug-likeness (QED) is 0.844. The van der Waals surface area contributed by atoms with Gasteiger partial charge in [0.05, 0.1) is 12.3 Å². The normalized spacial score (nSPS) is 19.3. The number of halogens is 2. The van der Waals surface area contributed by atoms with Crippen molar-refractivity contribution < 1.29 is 9.53 Å². The van der Waals surface area contributed by atoms with Crippen LogP contribution >= 0.6 is 23.2 Å². The van der Waals surface area contributed by atoms with Gasteiger partial charge in [-0.3, -0.25) is 0 Å². The Bertz CT molecular complexity index is 472. The first-order valence-corrected chi connectivity index (χ1v) is 6.71. The lowest BCUT2D eigenvalue weighted by Gasteiger charge is -2.36. The predicted molar refractivity (Wildman–Crippen MR) is 72.7 cm³/mol. The Balaban J connectivity index is 2.28. The van der Waals surface area contributed by atoms with Crippen LogP contribution in [0.15, 0.2) is 6.07 Å². The molecule has 1 fully saturated rings. The summed E-state index contributed by atoms with van der Waals surface area (Å²) < 4.78 is 5.07. The number of carbonyl (C=O) groups excluding carboxylic acids is 1. The summed E-state index contributed by atoms with van der Waals surface area (Å²) in [6.07, 6.45) is 0. The number of carbonyl (C=O) groups is 1. The van der Waals surface area contributed by atoms with E-state index in [1.54, 1.807) is 13.0 Å². The maximum atomic E-state index is 12.0. The van der Waals surface area contributed by atoms with E-state index in [-0.39, 0.29) is 16.3 Å². The Kier molecular flexibility index (Phi) is 4.79. The standard InChI is InChI=1S/C11H14Cl2N4O2/c1-2-19-11(18)8-6-14-3-4-17(8)7-5-9(12)15-16-10(7)13/h5,8,14H,2-4,6H2,1H3. The third-order valence-corrected chi connectivity index (χ3v) is 3.27. The van der Waals surface area contributed by atoms with Crippen LogP contribution in [0, 0.1) is 0 Å². The van der Waals surface area contributed by atoms with Crippen LogP contribution < -0.4 is 10.2 Å². The molecule has 1 aromatic rings. The summed E-state index contributed by atoms with van der Waals surface area (Å²) in [4.78, 5) is 13.8. The van der Waals surface area contributed by atoms with Gasteiger partial charge in [0.25, 0.3) is 0 Å². The summed E-state index contributed by atoms with van der Waals surface area (Å²) in [6.45, 7) is 3.97. The lowest BCUT2D eigenvalue weighted by molar-refractivity contribution is -0.144. The number of nitrogens with one attached hydrogen (secondary N) is 1. The second-order valence-electron chi connectivity index (χ2n) is 4.01. The lowest BCUT2D eigenvalue weighted by atomic mass is 10.1. The zero-order valence-corrected chi connectivity index (χ0v) is 11.9.